The lowest BCUT2D eigenvalue weighted by Crippen LogP contribution is -2.26. The highest BCUT2D eigenvalue weighted by atomic mass is 16.1. The van der Waals surface area contributed by atoms with Gasteiger partial charge >= 0.3 is 0 Å². The molecule has 0 saturated heterocycles. The van der Waals surface area contributed by atoms with Gasteiger partial charge in [0.25, 0.3) is 5.91 Å². The predicted octanol–water partition coefficient (Wildman–Crippen LogP) is 2.93. The lowest BCUT2D eigenvalue weighted by atomic mass is 10.1. The summed E-state index contributed by atoms with van der Waals surface area (Å²) in [5.41, 5.74) is 4.00. The fraction of sp³-hybridized carbons (Fsp3) is 0.389. The number of amides is 1. The molecule has 0 spiro atoms. The molecule has 0 aliphatic heterocycles. The van der Waals surface area contributed by atoms with E-state index in [4.69, 9.17) is 0 Å². The minimum Gasteiger partial charge on any atom is -0.351 e. The molecule has 2 heterocycles. The van der Waals surface area contributed by atoms with Crippen molar-refractivity contribution in [1.82, 2.24) is 25.1 Å². The van der Waals surface area contributed by atoms with E-state index in [1.807, 2.05) is 16.7 Å². The lowest BCUT2D eigenvalue weighted by molar-refractivity contribution is 0.0949. The first-order valence-electron chi connectivity index (χ1n) is 8.23. The van der Waals surface area contributed by atoms with Crippen molar-refractivity contribution in [3.05, 3.63) is 47.2 Å². The van der Waals surface area contributed by atoms with Gasteiger partial charge in [-0.25, -0.2) is 0 Å². The molecule has 6 heteroatoms. The molecule has 2 N–H and O–H groups in total. The van der Waals surface area contributed by atoms with Crippen molar-refractivity contribution in [2.45, 2.75) is 40.2 Å². The second kappa shape index (κ2) is 6.47. The first kappa shape index (κ1) is 16.2. The number of H-pyrrole nitrogens is 1. The third kappa shape index (κ3) is 3.04. The van der Waals surface area contributed by atoms with Gasteiger partial charge in [0.05, 0.1) is 0 Å². The van der Waals surface area contributed by atoms with Crippen molar-refractivity contribution < 1.29 is 4.79 Å². The molecule has 0 atom stereocenters. The highest BCUT2D eigenvalue weighted by Gasteiger charge is 2.12. The average molecular weight is 325 g/mol. The maximum absolute atomic E-state index is 12.4. The summed E-state index contributed by atoms with van der Waals surface area (Å²) in [5, 5.41) is 12.1. The Morgan fingerprint density at radius 2 is 2.12 bits per heavy atom. The normalized spacial score (nSPS) is 11.4. The number of benzene rings is 1. The molecular weight excluding hydrogens is 302 g/mol. The standard InChI is InChI=1S/C18H23N5O/c1-11(2)23-10-20-22-17(23)7-8-19-18(24)16-9-14-13(4)12(3)5-6-15(14)21-16/h5-6,9-11,21H,7-8H2,1-4H3,(H,19,24). The number of carbonyl (C=O) groups excluding carboxylic acids is 1. The van der Waals surface area contributed by atoms with E-state index in [2.05, 4.69) is 54.3 Å². The second-order valence-electron chi connectivity index (χ2n) is 6.41. The van der Waals surface area contributed by atoms with E-state index in [0.29, 0.717) is 24.7 Å². The van der Waals surface area contributed by atoms with Crippen molar-refractivity contribution in [3.8, 4) is 0 Å². The SMILES string of the molecule is Cc1ccc2[nH]c(C(=O)NCCc3nncn3C(C)C)cc2c1C. The molecule has 0 aliphatic rings. The summed E-state index contributed by atoms with van der Waals surface area (Å²) in [7, 11) is 0. The largest absolute Gasteiger partial charge is 0.351 e. The molecule has 6 nitrogen and oxygen atoms in total. The Hall–Kier alpha value is -2.63. The van der Waals surface area contributed by atoms with Crippen molar-refractivity contribution in [3.63, 3.8) is 0 Å². The number of aryl methyl sites for hydroxylation is 2. The second-order valence-corrected chi connectivity index (χ2v) is 6.41. The van der Waals surface area contributed by atoms with Crippen LogP contribution in [-0.4, -0.2) is 32.2 Å². The molecule has 1 aromatic carbocycles. The van der Waals surface area contributed by atoms with E-state index in [9.17, 15) is 4.79 Å². The summed E-state index contributed by atoms with van der Waals surface area (Å²) >= 11 is 0. The third-order valence-corrected chi connectivity index (χ3v) is 4.43. The van der Waals surface area contributed by atoms with Crippen LogP contribution < -0.4 is 5.32 Å². The van der Waals surface area contributed by atoms with Crippen molar-refractivity contribution in [2.24, 2.45) is 0 Å². The van der Waals surface area contributed by atoms with Crippen LogP contribution in [0.5, 0.6) is 0 Å². The Morgan fingerprint density at radius 3 is 2.88 bits per heavy atom. The maximum Gasteiger partial charge on any atom is 0.267 e. The number of nitrogens with one attached hydrogen (secondary N) is 2. The first-order chi connectivity index (χ1) is 11.5. The van der Waals surface area contributed by atoms with Gasteiger partial charge < -0.3 is 14.9 Å². The van der Waals surface area contributed by atoms with Crippen LogP contribution in [0.3, 0.4) is 0 Å². The van der Waals surface area contributed by atoms with Crippen molar-refractivity contribution >= 4 is 16.8 Å². The fourth-order valence-electron chi connectivity index (χ4n) is 2.84. The molecule has 1 amide bonds. The Balaban J connectivity index is 1.67. The van der Waals surface area contributed by atoms with Gasteiger partial charge in [-0.15, -0.1) is 10.2 Å². The van der Waals surface area contributed by atoms with Gasteiger partial charge in [-0.1, -0.05) is 6.07 Å². The van der Waals surface area contributed by atoms with Gasteiger partial charge in [0.1, 0.15) is 17.8 Å². The summed E-state index contributed by atoms with van der Waals surface area (Å²) in [6.45, 7) is 8.84. The number of rotatable bonds is 5. The summed E-state index contributed by atoms with van der Waals surface area (Å²) in [5.74, 6) is 0.785. The fourth-order valence-corrected chi connectivity index (χ4v) is 2.84. The van der Waals surface area contributed by atoms with Crippen LogP contribution in [0.25, 0.3) is 10.9 Å². The van der Waals surface area contributed by atoms with Crippen molar-refractivity contribution in [2.75, 3.05) is 6.54 Å². The highest BCUT2D eigenvalue weighted by Crippen LogP contribution is 2.22. The van der Waals surface area contributed by atoms with Crippen LogP contribution in [0.4, 0.5) is 0 Å². The summed E-state index contributed by atoms with van der Waals surface area (Å²) in [6, 6.07) is 6.31. The summed E-state index contributed by atoms with van der Waals surface area (Å²) in [6.07, 6.45) is 2.38. The lowest BCUT2D eigenvalue weighted by Gasteiger charge is -2.10. The van der Waals surface area contributed by atoms with Gasteiger partial charge in [-0.2, -0.15) is 0 Å². The Bertz CT molecular complexity index is 875. The number of carbonyl (C=O) groups is 1. The molecule has 0 saturated carbocycles. The zero-order valence-corrected chi connectivity index (χ0v) is 14.6. The zero-order valence-electron chi connectivity index (χ0n) is 14.6. The number of hydrogen-bond donors (Lipinski definition) is 2. The molecule has 126 valence electrons. The van der Waals surface area contributed by atoms with Crippen LogP contribution in [-0.2, 0) is 6.42 Å². The third-order valence-electron chi connectivity index (χ3n) is 4.43. The molecule has 0 aliphatic carbocycles. The molecule has 0 bridgehead atoms. The van der Waals surface area contributed by atoms with E-state index in [1.54, 1.807) is 6.33 Å². The summed E-state index contributed by atoms with van der Waals surface area (Å²) in [4.78, 5) is 15.6. The molecule has 24 heavy (non-hydrogen) atoms. The smallest absolute Gasteiger partial charge is 0.267 e. The number of fused-ring (bicyclic) bond motifs is 1. The minimum atomic E-state index is -0.0983. The Morgan fingerprint density at radius 1 is 1.33 bits per heavy atom. The number of aromatic amines is 1. The quantitative estimate of drug-likeness (QED) is 0.757. The first-order valence-corrected chi connectivity index (χ1v) is 8.23. The average Bonchev–Trinajstić information content (AvgIpc) is 3.18. The van der Waals surface area contributed by atoms with Gasteiger partial charge in [-0.3, -0.25) is 4.79 Å². The molecule has 2 aromatic heterocycles. The van der Waals surface area contributed by atoms with Crippen LogP contribution in [0.15, 0.2) is 24.5 Å². The summed E-state index contributed by atoms with van der Waals surface area (Å²) < 4.78 is 2.02. The van der Waals surface area contributed by atoms with Crippen LogP contribution in [0, 0.1) is 13.8 Å². The molecular formula is C18H23N5O. The van der Waals surface area contributed by atoms with Gasteiger partial charge in [0.2, 0.25) is 0 Å². The Labute approximate surface area is 141 Å². The van der Waals surface area contributed by atoms with Crippen molar-refractivity contribution in [1.29, 1.82) is 0 Å². The maximum atomic E-state index is 12.4. The van der Waals surface area contributed by atoms with Crippen LogP contribution in [0.1, 0.15) is 47.3 Å². The van der Waals surface area contributed by atoms with E-state index >= 15 is 0 Å². The number of nitrogens with zero attached hydrogens (tertiary/aromatic N) is 3. The van der Waals surface area contributed by atoms with E-state index in [1.165, 1.54) is 11.1 Å². The molecule has 3 aromatic rings. The topological polar surface area (TPSA) is 75.6 Å². The van der Waals surface area contributed by atoms with Gasteiger partial charge in [0, 0.05) is 29.9 Å². The molecule has 3 rings (SSSR count). The highest BCUT2D eigenvalue weighted by molar-refractivity contribution is 5.99. The number of aromatic nitrogens is 4. The van der Waals surface area contributed by atoms with Gasteiger partial charge in [-0.05, 0) is 51.0 Å². The van der Waals surface area contributed by atoms with E-state index < -0.39 is 0 Å². The van der Waals surface area contributed by atoms with E-state index in [0.717, 1.165) is 16.7 Å². The number of hydrogen-bond acceptors (Lipinski definition) is 3. The minimum absolute atomic E-state index is 0.0983. The van der Waals surface area contributed by atoms with Gasteiger partial charge in [0.15, 0.2) is 0 Å². The zero-order chi connectivity index (χ0) is 17.3. The van der Waals surface area contributed by atoms with E-state index in [-0.39, 0.29) is 5.91 Å². The van der Waals surface area contributed by atoms with Crippen LogP contribution in [0.2, 0.25) is 0 Å². The monoisotopic (exact) mass is 325 g/mol. The molecule has 0 fully saturated rings. The molecule has 0 unspecified atom stereocenters. The molecule has 0 radical (unpaired) electrons. The Kier molecular flexibility index (Phi) is 4.38. The predicted molar refractivity (Wildman–Crippen MR) is 94.2 cm³/mol. The van der Waals surface area contributed by atoms with Crippen LogP contribution >= 0.6 is 0 Å².